The molecule has 0 bridgehead atoms. The Morgan fingerprint density at radius 2 is 2.00 bits per heavy atom. The van der Waals surface area contributed by atoms with Crippen molar-refractivity contribution in [3.05, 3.63) is 29.8 Å². The summed E-state index contributed by atoms with van der Waals surface area (Å²) in [6, 6.07) is 9.00. The lowest BCUT2D eigenvalue weighted by molar-refractivity contribution is 0.647. The second kappa shape index (κ2) is 4.67. The average Bonchev–Trinajstić information content (AvgIpc) is 2.71. The van der Waals surface area contributed by atoms with Gasteiger partial charge in [-0.2, -0.15) is 0 Å². The summed E-state index contributed by atoms with van der Waals surface area (Å²) in [4.78, 5) is 2.37. The molecule has 0 aromatic heterocycles. The van der Waals surface area contributed by atoms with Gasteiger partial charge in [0.1, 0.15) is 0 Å². The van der Waals surface area contributed by atoms with Gasteiger partial charge in [0.05, 0.1) is 6.67 Å². The summed E-state index contributed by atoms with van der Waals surface area (Å²) in [6.45, 7) is 7.75. The van der Waals surface area contributed by atoms with Crippen molar-refractivity contribution in [2.24, 2.45) is 5.92 Å². The van der Waals surface area contributed by atoms with Crippen LogP contribution in [0.3, 0.4) is 0 Å². The van der Waals surface area contributed by atoms with Crippen molar-refractivity contribution in [3.8, 4) is 0 Å². The van der Waals surface area contributed by atoms with E-state index in [1.54, 1.807) is 0 Å². The summed E-state index contributed by atoms with van der Waals surface area (Å²) in [5.41, 5.74) is 2.79. The molecule has 2 rings (SSSR count). The van der Waals surface area contributed by atoms with E-state index >= 15 is 0 Å². The zero-order chi connectivity index (χ0) is 10.7. The zero-order valence-electron chi connectivity index (χ0n) is 9.66. The van der Waals surface area contributed by atoms with Gasteiger partial charge >= 0.3 is 0 Å². The molecule has 1 heterocycles. The molecule has 1 fully saturated rings. The van der Waals surface area contributed by atoms with E-state index < -0.39 is 0 Å². The van der Waals surface area contributed by atoms with Crippen LogP contribution in [0.5, 0.6) is 0 Å². The van der Waals surface area contributed by atoms with Crippen LogP contribution in [0.15, 0.2) is 24.3 Å². The number of hydrogen-bond donors (Lipinski definition) is 1. The molecular formula is C13H20N2. The first kappa shape index (κ1) is 10.5. The standard InChI is InChI=1S/C13H20N2/c1-11(2)9-12-3-5-13(6-4-12)15-8-7-14-10-15/h3-6,11,14H,7-10H2,1-2H3. The number of nitrogens with zero attached hydrogens (tertiary/aromatic N) is 1. The van der Waals surface area contributed by atoms with Crippen LogP contribution in [-0.2, 0) is 6.42 Å². The maximum atomic E-state index is 3.34. The first-order chi connectivity index (χ1) is 7.25. The minimum Gasteiger partial charge on any atom is -0.357 e. The smallest absolute Gasteiger partial charge is 0.0683 e. The molecule has 1 aromatic rings. The van der Waals surface area contributed by atoms with Crippen molar-refractivity contribution in [3.63, 3.8) is 0 Å². The first-order valence-electron chi connectivity index (χ1n) is 5.80. The Hall–Kier alpha value is -1.02. The summed E-state index contributed by atoms with van der Waals surface area (Å²) in [5, 5.41) is 3.34. The Kier molecular flexibility index (Phi) is 3.27. The van der Waals surface area contributed by atoms with Gasteiger partial charge in [-0.05, 0) is 30.0 Å². The highest BCUT2D eigenvalue weighted by Crippen LogP contribution is 2.17. The van der Waals surface area contributed by atoms with Crippen molar-refractivity contribution in [2.45, 2.75) is 20.3 Å². The fraction of sp³-hybridized carbons (Fsp3) is 0.538. The van der Waals surface area contributed by atoms with Gasteiger partial charge < -0.3 is 4.90 Å². The summed E-state index contributed by atoms with van der Waals surface area (Å²) in [7, 11) is 0. The van der Waals surface area contributed by atoms with Gasteiger partial charge in [-0.15, -0.1) is 0 Å². The van der Waals surface area contributed by atoms with Crippen LogP contribution in [-0.4, -0.2) is 19.8 Å². The van der Waals surface area contributed by atoms with Gasteiger partial charge in [0.15, 0.2) is 0 Å². The largest absolute Gasteiger partial charge is 0.357 e. The van der Waals surface area contributed by atoms with Crippen molar-refractivity contribution in [1.29, 1.82) is 0 Å². The SMILES string of the molecule is CC(C)Cc1ccc(N2CCNC2)cc1. The predicted molar refractivity (Wildman–Crippen MR) is 65.2 cm³/mol. The number of hydrogen-bond acceptors (Lipinski definition) is 2. The lowest BCUT2D eigenvalue weighted by atomic mass is 10.0. The molecule has 1 N–H and O–H groups in total. The van der Waals surface area contributed by atoms with Crippen molar-refractivity contribution in [1.82, 2.24) is 5.32 Å². The van der Waals surface area contributed by atoms with Crippen LogP contribution in [0.4, 0.5) is 5.69 Å². The molecule has 0 spiro atoms. The van der Waals surface area contributed by atoms with E-state index in [2.05, 4.69) is 48.3 Å². The molecule has 1 aliphatic heterocycles. The molecule has 0 atom stereocenters. The zero-order valence-corrected chi connectivity index (χ0v) is 9.66. The molecule has 0 saturated carbocycles. The van der Waals surface area contributed by atoms with Crippen LogP contribution in [0.25, 0.3) is 0 Å². The molecule has 1 aliphatic rings. The molecule has 0 unspecified atom stereocenters. The van der Waals surface area contributed by atoms with E-state index in [1.807, 2.05) is 0 Å². The van der Waals surface area contributed by atoms with Gasteiger partial charge in [-0.3, -0.25) is 5.32 Å². The Morgan fingerprint density at radius 1 is 1.27 bits per heavy atom. The number of rotatable bonds is 3. The van der Waals surface area contributed by atoms with Crippen LogP contribution in [0.2, 0.25) is 0 Å². The van der Waals surface area contributed by atoms with E-state index in [1.165, 1.54) is 17.7 Å². The van der Waals surface area contributed by atoms with Gasteiger partial charge in [-0.1, -0.05) is 26.0 Å². The van der Waals surface area contributed by atoms with Gasteiger partial charge in [0, 0.05) is 18.8 Å². The second-order valence-corrected chi connectivity index (χ2v) is 4.69. The normalized spacial score (nSPS) is 16.3. The molecule has 0 aliphatic carbocycles. The molecule has 2 heteroatoms. The summed E-state index contributed by atoms with van der Waals surface area (Å²) in [6.07, 6.45) is 1.18. The van der Waals surface area contributed by atoms with E-state index in [4.69, 9.17) is 0 Å². The molecule has 0 radical (unpaired) electrons. The monoisotopic (exact) mass is 204 g/mol. The Labute approximate surface area is 92.3 Å². The van der Waals surface area contributed by atoms with Gasteiger partial charge in [0.25, 0.3) is 0 Å². The minimum absolute atomic E-state index is 0.740. The fourth-order valence-electron chi connectivity index (χ4n) is 2.04. The average molecular weight is 204 g/mol. The highest BCUT2D eigenvalue weighted by Gasteiger charge is 2.10. The summed E-state index contributed by atoms with van der Waals surface area (Å²) in [5.74, 6) is 0.740. The van der Waals surface area contributed by atoms with Crippen LogP contribution >= 0.6 is 0 Å². The predicted octanol–water partition coefficient (Wildman–Crippen LogP) is 2.25. The fourth-order valence-corrected chi connectivity index (χ4v) is 2.04. The highest BCUT2D eigenvalue weighted by molar-refractivity contribution is 5.48. The van der Waals surface area contributed by atoms with Crippen molar-refractivity contribution < 1.29 is 0 Å². The third-order valence-corrected chi connectivity index (χ3v) is 2.81. The molecule has 82 valence electrons. The third kappa shape index (κ3) is 2.72. The molecule has 1 saturated heterocycles. The quantitative estimate of drug-likeness (QED) is 0.812. The van der Waals surface area contributed by atoms with E-state index in [0.717, 1.165) is 25.7 Å². The summed E-state index contributed by atoms with van der Waals surface area (Å²) >= 11 is 0. The first-order valence-corrected chi connectivity index (χ1v) is 5.80. The Bertz CT molecular complexity index is 297. The highest BCUT2D eigenvalue weighted by atomic mass is 15.3. The lowest BCUT2D eigenvalue weighted by Crippen LogP contribution is -2.20. The Balaban J connectivity index is 2.03. The van der Waals surface area contributed by atoms with E-state index in [9.17, 15) is 0 Å². The topological polar surface area (TPSA) is 15.3 Å². The van der Waals surface area contributed by atoms with E-state index in [-0.39, 0.29) is 0 Å². The lowest BCUT2D eigenvalue weighted by Gasteiger charge is -2.17. The molecule has 2 nitrogen and oxygen atoms in total. The van der Waals surface area contributed by atoms with Crippen LogP contribution in [0.1, 0.15) is 19.4 Å². The number of anilines is 1. The molecular weight excluding hydrogens is 184 g/mol. The van der Waals surface area contributed by atoms with Crippen molar-refractivity contribution >= 4 is 5.69 Å². The van der Waals surface area contributed by atoms with E-state index in [0.29, 0.717) is 0 Å². The molecule has 1 aromatic carbocycles. The minimum atomic E-state index is 0.740. The number of nitrogens with one attached hydrogen (secondary N) is 1. The molecule has 15 heavy (non-hydrogen) atoms. The van der Waals surface area contributed by atoms with Gasteiger partial charge in [-0.25, -0.2) is 0 Å². The maximum Gasteiger partial charge on any atom is 0.0683 e. The Morgan fingerprint density at radius 3 is 2.53 bits per heavy atom. The second-order valence-electron chi connectivity index (χ2n) is 4.69. The van der Waals surface area contributed by atoms with Crippen molar-refractivity contribution in [2.75, 3.05) is 24.7 Å². The number of benzene rings is 1. The third-order valence-electron chi connectivity index (χ3n) is 2.81. The van der Waals surface area contributed by atoms with Crippen LogP contribution in [0, 0.1) is 5.92 Å². The summed E-state index contributed by atoms with van der Waals surface area (Å²) < 4.78 is 0. The van der Waals surface area contributed by atoms with Crippen LogP contribution < -0.4 is 10.2 Å². The molecule has 0 amide bonds. The van der Waals surface area contributed by atoms with Gasteiger partial charge in [0.2, 0.25) is 0 Å². The maximum absolute atomic E-state index is 3.34.